The second kappa shape index (κ2) is 10.2. The van der Waals surface area contributed by atoms with Gasteiger partial charge in [-0.05, 0) is 42.3 Å². The fraction of sp³-hybridized carbons (Fsp3) is 0.185. The maximum absolute atomic E-state index is 13.9. The van der Waals surface area contributed by atoms with Crippen LogP contribution in [0.3, 0.4) is 0 Å². The standard InChI is InChI=1S/C27H22ClFN4O2S/c1-16-9-11-17(12-10-16)22-14-23(18-5-4-6-19(28)13-18)33(32-22)27-31-26(35)24(36-27)15-25(34)30-21-8-3-2-7-20(21)29/h2-13,23-24H,14-15H2,1H3,(H,30,34)/t23-,24+/m0/s1. The maximum atomic E-state index is 13.9. The Morgan fingerprint density at radius 2 is 1.92 bits per heavy atom. The molecule has 2 heterocycles. The summed E-state index contributed by atoms with van der Waals surface area (Å²) in [7, 11) is 0. The summed E-state index contributed by atoms with van der Waals surface area (Å²) in [5.41, 5.74) is 4.04. The van der Waals surface area contributed by atoms with Crippen LogP contribution in [0.5, 0.6) is 0 Å². The van der Waals surface area contributed by atoms with Crippen molar-refractivity contribution in [3.05, 3.63) is 100 Å². The lowest BCUT2D eigenvalue weighted by Crippen LogP contribution is -2.25. The number of rotatable bonds is 5. The monoisotopic (exact) mass is 520 g/mol. The third-order valence-corrected chi connectivity index (χ3v) is 7.35. The molecule has 36 heavy (non-hydrogen) atoms. The van der Waals surface area contributed by atoms with E-state index < -0.39 is 22.9 Å². The van der Waals surface area contributed by atoms with E-state index in [1.54, 1.807) is 17.1 Å². The van der Waals surface area contributed by atoms with E-state index in [9.17, 15) is 14.0 Å². The number of aryl methyl sites for hydroxylation is 1. The van der Waals surface area contributed by atoms with Crippen LogP contribution in [-0.4, -0.2) is 33.0 Å². The highest BCUT2D eigenvalue weighted by atomic mass is 35.5. The Morgan fingerprint density at radius 3 is 2.67 bits per heavy atom. The number of carbonyl (C=O) groups excluding carboxylic acids is 2. The van der Waals surface area contributed by atoms with Crippen LogP contribution in [0.4, 0.5) is 10.1 Å². The van der Waals surface area contributed by atoms with Crippen LogP contribution in [0.15, 0.2) is 82.9 Å². The first-order chi connectivity index (χ1) is 17.4. The van der Waals surface area contributed by atoms with E-state index in [4.69, 9.17) is 16.7 Å². The third kappa shape index (κ3) is 5.20. The molecule has 0 spiro atoms. The largest absolute Gasteiger partial charge is 0.324 e. The summed E-state index contributed by atoms with van der Waals surface area (Å²) in [5.74, 6) is -1.41. The van der Waals surface area contributed by atoms with Crippen LogP contribution < -0.4 is 5.32 Å². The predicted molar refractivity (Wildman–Crippen MR) is 142 cm³/mol. The molecule has 0 unspecified atom stereocenters. The molecule has 0 aliphatic carbocycles. The van der Waals surface area contributed by atoms with Crippen LogP contribution in [0, 0.1) is 12.7 Å². The van der Waals surface area contributed by atoms with Crippen molar-refractivity contribution in [1.29, 1.82) is 0 Å². The fourth-order valence-electron chi connectivity index (χ4n) is 4.12. The van der Waals surface area contributed by atoms with Gasteiger partial charge in [0.2, 0.25) is 5.91 Å². The SMILES string of the molecule is Cc1ccc(C2=NN(C3=NC(=O)[C@@H](CC(=O)Nc4ccccc4F)S3)[C@H](c3cccc(Cl)c3)C2)cc1. The third-order valence-electron chi connectivity index (χ3n) is 5.97. The van der Waals surface area contributed by atoms with Gasteiger partial charge in [0.05, 0.1) is 17.4 Å². The van der Waals surface area contributed by atoms with Gasteiger partial charge in [-0.15, -0.1) is 0 Å². The molecule has 1 N–H and O–H groups in total. The van der Waals surface area contributed by atoms with Crippen molar-refractivity contribution < 1.29 is 14.0 Å². The van der Waals surface area contributed by atoms with Crippen molar-refractivity contribution in [1.82, 2.24) is 5.01 Å². The van der Waals surface area contributed by atoms with Crippen LogP contribution in [0.25, 0.3) is 0 Å². The molecular weight excluding hydrogens is 499 g/mol. The van der Waals surface area contributed by atoms with Crippen LogP contribution in [-0.2, 0) is 9.59 Å². The van der Waals surface area contributed by atoms with Gasteiger partial charge in [0.15, 0.2) is 5.17 Å². The number of hydrazone groups is 1. The van der Waals surface area contributed by atoms with Gasteiger partial charge in [-0.2, -0.15) is 10.1 Å². The number of hydrogen-bond acceptors (Lipinski definition) is 5. The topological polar surface area (TPSA) is 74.1 Å². The summed E-state index contributed by atoms with van der Waals surface area (Å²) in [4.78, 5) is 29.5. The molecule has 0 aromatic heterocycles. The Kier molecular flexibility index (Phi) is 6.89. The van der Waals surface area contributed by atoms with E-state index in [2.05, 4.69) is 10.3 Å². The van der Waals surface area contributed by atoms with Crippen molar-refractivity contribution in [2.24, 2.45) is 10.1 Å². The highest BCUT2D eigenvalue weighted by Gasteiger charge is 2.39. The van der Waals surface area contributed by atoms with E-state index >= 15 is 0 Å². The number of nitrogens with zero attached hydrogens (tertiary/aromatic N) is 3. The Labute approximate surface area is 217 Å². The molecule has 0 bridgehead atoms. The van der Waals surface area contributed by atoms with Crippen molar-refractivity contribution in [2.75, 3.05) is 5.32 Å². The highest BCUT2D eigenvalue weighted by Crippen LogP contribution is 2.39. The van der Waals surface area contributed by atoms with Gasteiger partial charge in [-0.25, -0.2) is 9.40 Å². The number of amidine groups is 1. The van der Waals surface area contributed by atoms with Gasteiger partial charge in [0, 0.05) is 17.9 Å². The van der Waals surface area contributed by atoms with Crippen molar-refractivity contribution in [3.63, 3.8) is 0 Å². The van der Waals surface area contributed by atoms with Crippen LogP contribution >= 0.6 is 23.4 Å². The van der Waals surface area contributed by atoms with Crippen LogP contribution in [0.2, 0.25) is 5.02 Å². The molecule has 182 valence electrons. The van der Waals surface area contributed by atoms with E-state index in [-0.39, 0.29) is 18.2 Å². The van der Waals surface area contributed by atoms with Gasteiger partial charge in [0.25, 0.3) is 5.91 Å². The lowest BCUT2D eigenvalue weighted by atomic mass is 9.98. The minimum atomic E-state index is -0.717. The number of hydrogen-bond donors (Lipinski definition) is 1. The van der Waals surface area contributed by atoms with Gasteiger partial charge < -0.3 is 5.32 Å². The molecule has 0 saturated carbocycles. The van der Waals surface area contributed by atoms with Gasteiger partial charge in [-0.1, -0.05) is 77.5 Å². The summed E-state index contributed by atoms with van der Waals surface area (Å²) >= 11 is 7.46. The normalized spacial score (nSPS) is 19.3. The molecule has 9 heteroatoms. The molecular formula is C27H22ClFN4O2S. The van der Waals surface area contributed by atoms with Crippen molar-refractivity contribution in [3.8, 4) is 0 Å². The number of thioether (sulfide) groups is 1. The van der Waals surface area contributed by atoms with Gasteiger partial charge in [-0.3, -0.25) is 9.59 Å². The fourth-order valence-corrected chi connectivity index (χ4v) is 5.38. The zero-order chi connectivity index (χ0) is 25.2. The Morgan fingerprint density at radius 1 is 1.14 bits per heavy atom. The second-order valence-electron chi connectivity index (χ2n) is 8.60. The average Bonchev–Trinajstić information content (AvgIpc) is 3.45. The van der Waals surface area contributed by atoms with E-state index in [0.29, 0.717) is 16.6 Å². The molecule has 3 aromatic rings. The number of benzene rings is 3. The average molecular weight is 521 g/mol. The summed E-state index contributed by atoms with van der Waals surface area (Å²) in [6, 6.07) is 21.4. The number of para-hydroxylation sites is 1. The van der Waals surface area contributed by atoms with E-state index in [1.165, 1.54) is 23.9 Å². The molecule has 0 fully saturated rings. The van der Waals surface area contributed by atoms with Crippen molar-refractivity contribution >= 4 is 51.7 Å². The minimum absolute atomic E-state index is 0.0759. The van der Waals surface area contributed by atoms with Crippen molar-refractivity contribution in [2.45, 2.75) is 31.1 Å². The number of halogens is 2. The number of carbonyl (C=O) groups is 2. The first-order valence-electron chi connectivity index (χ1n) is 11.4. The number of aliphatic imine (C=N–C) groups is 1. The summed E-state index contributed by atoms with van der Waals surface area (Å²) in [6.45, 7) is 2.03. The summed E-state index contributed by atoms with van der Waals surface area (Å²) < 4.78 is 13.9. The lowest BCUT2D eigenvalue weighted by molar-refractivity contribution is -0.121. The number of nitrogens with one attached hydrogen (secondary N) is 1. The Bertz CT molecular complexity index is 1390. The first-order valence-corrected chi connectivity index (χ1v) is 12.7. The lowest BCUT2D eigenvalue weighted by Gasteiger charge is -2.23. The maximum Gasteiger partial charge on any atom is 0.262 e. The number of anilines is 1. The molecule has 3 aromatic carbocycles. The zero-order valence-electron chi connectivity index (χ0n) is 19.3. The molecule has 5 rings (SSSR count). The second-order valence-corrected chi connectivity index (χ2v) is 10.2. The molecule has 0 saturated heterocycles. The quantitative estimate of drug-likeness (QED) is 0.450. The summed E-state index contributed by atoms with van der Waals surface area (Å²) in [5, 5.41) is 9.43. The molecule has 2 atom stereocenters. The molecule has 6 nitrogen and oxygen atoms in total. The molecule has 2 aliphatic rings. The molecule has 0 radical (unpaired) electrons. The molecule has 2 amide bonds. The summed E-state index contributed by atoms with van der Waals surface area (Å²) in [6.07, 6.45) is 0.477. The van der Waals surface area contributed by atoms with Crippen LogP contribution in [0.1, 0.15) is 35.6 Å². The number of amides is 2. The highest BCUT2D eigenvalue weighted by molar-refractivity contribution is 8.15. The van der Waals surface area contributed by atoms with Gasteiger partial charge in [0.1, 0.15) is 11.1 Å². The Balaban J connectivity index is 1.36. The van der Waals surface area contributed by atoms with Gasteiger partial charge >= 0.3 is 0 Å². The zero-order valence-corrected chi connectivity index (χ0v) is 20.9. The minimum Gasteiger partial charge on any atom is -0.324 e. The smallest absolute Gasteiger partial charge is 0.262 e. The molecule has 2 aliphatic heterocycles. The Hall–Kier alpha value is -3.49. The predicted octanol–water partition coefficient (Wildman–Crippen LogP) is 5.97. The van der Waals surface area contributed by atoms with E-state index in [1.807, 2.05) is 55.5 Å². The van der Waals surface area contributed by atoms with E-state index in [0.717, 1.165) is 22.4 Å². The first kappa shape index (κ1) is 24.2.